The fourth-order valence-electron chi connectivity index (χ4n) is 1.98. The zero-order valence-corrected chi connectivity index (χ0v) is 10.3. The quantitative estimate of drug-likeness (QED) is 0.699. The molecule has 4 heteroatoms. The van der Waals surface area contributed by atoms with Crippen molar-refractivity contribution < 1.29 is 9.15 Å². The van der Waals surface area contributed by atoms with E-state index in [0.29, 0.717) is 11.3 Å². The van der Waals surface area contributed by atoms with E-state index in [1.807, 2.05) is 24.3 Å². The number of benzene rings is 1. The molecule has 19 heavy (non-hydrogen) atoms. The summed E-state index contributed by atoms with van der Waals surface area (Å²) in [6.45, 7) is 0. The molecule has 4 nitrogen and oxygen atoms in total. The van der Waals surface area contributed by atoms with Gasteiger partial charge in [0.1, 0.15) is 23.2 Å². The van der Waals surface area contributed by atoms with Gasteiger partial charge in [0.05, 0.1) is 12.7 Å². The summed E-state index contributed by atoms with van der Waals surface area (Å²) in [4.78, 5) is 3.94. The first-order chi connectivity index (χ1) is 9.31. The second kappa shape index (κ2) is 4.46. The molecule has 0 amide bonds. The van der Waals surface area contributed by atoms with E-state index >= 15 is 0 Å². The summed E-state index contributed by atoms with van der Waals surface area (Å²) in [5, 5.41) is 10.0. The van der Waals surface area contributed by atoms with Crippen molar-refractivity contribution in [3.63, 3.8) is 0 Å². The Hall–Kier alpha value is -2.80. The number of methoxy groups -OCH3 is 1. The highest BCUT2D eigenvalue weighted by Crippen LogP contribution is 2.31. The van der Waals surface area contributed by atoms with Gasteiger partial charge in [0.2, 0.25) is 0 Å². The van der Waals surface area contributed by atoms with Crippen molar-refractivity contribution in [1.82, 2.24) is 4.98 Å². The van der Waals surface area contributed by atoms with E-state index in [-0.39, 0.29) is 0 Å². The predicted octanol–water partition coefficient (Wildman–Crippen LogP) is 3.38. The van der Waals surface area contributed by atoms with E-state index in [4.69, 9.17) is 14.4 Å². The van der Waals surface area contributed by atoms with Gasteiger partial charge in [-0.15, -0.1) is 0 Å². The van der Waals surface area contributed by atoms with Crippen LogP contribution in [0.4, 0.5) is 0 Å². The molecule has 0 spiro atoms. The van der Waals surface area contributed by atoms with Crippen LogP contribution in [0.15, 0.2) is 47.1 Å². The fourth-order valence-corrected chi connectivity index (χ4v) is 1.98. The van der Waals surface area contributed by atoms with Crippen LogP contribution in [-0.4, -0.2) is 12.1 Å². The summed E-state index contributed by atoms with van der Waals surface area (Å²) in [6, 6.07) is 11.4. The third-order valence-corrected chi connectivity index (χ3v) is 2.93. The number of aromatic nitrogens is 1. The molecule has 0 aliphatic carbocycles. The van der Waals surface area contributed by atoms with Gasteiger partial charge in [0, 0.05) is 23.3 Å². The SMILES string of the molecule is COc1ccc2oc(-c3ccncc3C#N)cc2c1. The van der Waals surface area contributed by atoms with Gasteiger partial charge in [-0.2, -0.15) is 5.26 Å². The molecular weight excluding hydrogens is 240 g/mol. The van der Waals surface area contributed by atoms with Crippen LogP contribution in [0.3, 0.4) is 0 Å². The van der Waals surface area contributed by atoms with Crippen LogP contribution < -0.4 is 4.74 Å². The Morgan fingerprint density at radius 3 is 2.95 bits per heavy atom. The van der Waals surface area contributed by atoms with Gasteiger partial charge in [-0.05, 0) is 30.3 Å². The van der Waals surface area contributed by atoms with Gasteiger partial charge in [-0.1, -0.05) is 0 Å². The van der Waals surface area contributed by atoms with Crippen molar-refractivity contribution in [3.8, 4) is 23.1 Å². The maximum absolute atomic E-state index is 9.09. The standard InChI is InChI=1S/C15H10N2O2/c1-18-12-2-3-14-10(6-12)7-15(19-14)13-4-5-17-9-11(13)8-16/h2-7,9H,1H3. The second-order valence-corrected chi connectivity index (χ2v) is 4.05. The molecule has 2 heterocycles. The highest BCUT2D eigenvalue weighted by molar-refractivity contribution is 5.85. The lowest BCUT2D eigenvalue weighted by molar-refractivity contribution is 0.415. The van der Waals surface area contributed by atoms with E-state index in [9.17, 15) is 0 Å². The van der Waals surface area contributed by atoms with Crippen LogP contribution in [0, 0.1) is 11.3 Å². The molecule has 92 valence electrons. The summed E-state index contributed by atoms with van der Waals surface area (Å²) in [6.07, 6.45) is 3.17. The minimum atomic E-state index is 0.494. The summed E-state index contributed by atoms with van der Waals surface area (Å²) < 4.78 is 10.9. The molecular formula is C15H10N2O2. The largest absolute Gasteiger partial charge is 0.497 e. The number of nitrogens with zero attached hydrogens (tertiary/aromatic N) is 2. The van der Waals surface area contributed by atoms with Crippen molar-refractivity contribution in [2.24, 2.45) is 0 Å². The van der Waals surface area contributed by atoms with Crippen molar-refractivity contribution in [3.05, 3.63) is 48.3 Å². The van der Waals surface area contributed by atoms with Gasteiger partial charge >= 0.3 is 0 Å². The van der Waals surface area contributed by atoms with Crippen LogP contribution in [0.2, 0.25) is 0 Å². The van der Waals surface area contributed by atoms with E-state index < -0.39 is 0 Å². The van der Waals surface area contributed by atoms with Crippen molar-refractivity contribution >= 4 is 11.0 Å². The lowest BCUT2D eigenvalue weighted by atomic mass is 10.1. The molecule has 0 saturated heterocycles. The minimum Gasteiger partial charge on any atom is -0.497 e. The molecule has 0 aliphatic rings. The third-order valence-electron chi connectivity index (χ3n) is 2.93. The fraction of sp³-hybridized carbons (Fsp3) is 0.0667. The van der Waals surface area contributed by atoms with Gasteiger partial charge in [0.15, 0.2) is 0 Å². The summed E-state index contributed by atoms with van der Waals surface area (Å²) in [5.41, 5.74) is 2.00. The molecule has 0 radical (unpaired) electrons. The molecule has 0 bridgehead atoms. The van der Waals surface area contributed by atoms with Crippen molar-refractivity contribution in [2.75, 3.05) is 7.11 Å². The van der Waals surface area contributed by atoms with Crippen molar-refractivity contribution in [2.45, 2.75) is 0 Å². The third kappa shape index (κ3) is 1.91. The molecule has 0 atom stereocenters. The zero-order valence-electron chi connectivity index (χ0n) is 10.3. The number of hydrogen-bond acceptors (Lipinski definition) is 4. The Balaban J connectivity index is 2.18. The number of nitriles is 1. The number of pyridine rings is 1. The van der Waals surface area contributed by atoms with Crippen LogP contribution in [0.1, 0.15) is 5.56 Å². The lowest BCUT2D eigenvalue weighted by Gasteiger charge is -1.97. The maximum Gasteiger partial charge on any atom is 0.136 e. The molecule has 1 aromatic carbocycles. The molecule has 0 saturated carbocycles. The number of furan rings is 1. The average molecular weight is 250 g/mol. The van der Waals surface area contributed by atoms with Gasteiger partial charge in [-0.3, -0.25) is 4.98 Å². The Labute approximate surface area is 109 Å². The first-order valence-corrected chi connectivity index (χ1v) is 5.74. The first kappa shape index (κ1) is 11.3. The van der Waals surface area contributed by atoms with Gasteiger partial charge in [0.25, 0.3) is 0 Å². The number of fused-ring (bicyclic) bond motifs is 1. The highest BCUT2D eigenvalue weighted by atomic mass is 16.5. The molecule has 0 N–H and O–H groups in total. The Morgan fingerprint density at radius 1 is 1.26 bits per heavy atom. The lowest BCUT2D eigenvalue weighted by Crippen LogP contribution is -1.83. The molecule has 0 unspecified atom stereocenters. The molecule has 3 aromatic rings. The van der Waals surface area contributed by atoms with Crippen LogP contribution >= 0.6 is 0 Å². The molecule has 2 aromatic heterocycles. The molecule has 0 fully saturated rings. The smallest absolute Gasteiger partial charge is 0.136 e. The predicted molar refractivity (Wildman–Crippen MR) is 70.7 cm³/mol. The number of ether oxygens (including phenoxy) is 1. The Morgan fingerprint density at radius 2 is 2.16 bits per heavy atom. The molecule has 0 aliphatic heterocycles. The first-order valence-electron chi connectivity index (χ1n) is 5.74. The maximum atomic E-state index is 9.09. The Kier molecular flexibility index (Phi) is 2.66. The van der Waals surface area contributed by atoms with E-state index in [2.05, 4.69) is 11.1 Å². The number of hydrogen-bond donors (Lipinski definition) is 0. The monoisotopic (exact) mass is 250 g/mol. The van der Waals surface area contributed by atoms with Crippen molar-refractivity contribution in [1.29, 1.82) is 5.26 Å². The normalized spacial score (nSPS) is 10.3. The topological polar surface area (TPSA) is 59.1 Å². The second-order valence-electron chi connectivity index (χ2n) is 4.05. The van der Waals surface area contributed by atoms with E-state index in [1.54, 1.807) is 19.4 Å². The summed E-state index contributed by atoms with van der Waals surface area (Å²) >= 11 is 0. The average Bonchev–Trinajstić information content (AvgIpc) is 2.89. The van der Waals surface area contributed by atoms with Crippen LogP contribution in [0.5, 0.6) is 5.75 Å². The summed E-state index contributed by atoms with van der Waals surface area (Å²) in [5.74, 6) is 1.43. The molecule has 3 rings (SSSR count). The van der Waals surface area contributed by atoms with Gasteiger partial charge in [-0.25, -0.2) is 0 Å². The van der Waals surface area contributed by atoms with E-state index in [0.717, 1.165) is 22.3 Å². The van der Waals surface area contributed by atoms with Crippen LogP contribution in [-0.2, 0) is 0 Å². The zero-order chi connectivity index (χ0) is 13.2. The van der Waals surface area contributed by atoms with E-state index in [1.165, 1.54) is 6.20 Å². The van der Waals surface area contributed by atoms with Crippen LogP contribution in [0.25, 0.3) is 22.3 Å². The van der Waals surface area contributed by atoms with Gasteiger partial charge < -0.3 is 9.15 Å². The summed E-state index contributed by atoms with van der Waals surface area (Å²) in [7, 11) is 1.62. The highest BCUT2D eigenvalue weighted by Gasteiger charge is 2.10. The minimum absolute atomic E-state index is 0.494. The Bertz CT molecular complexity index is 784. The number of rotatable bonds is 2.